The number of carbonyl (C=O) groups excluding carboxylic acids is 2. The first kappa shape index (κ1) is 25.1. The highest BCUT2D eigenvalue weighted by Crippen LogP contribution is 2.30. The molecule has 1 heterocycles. The molecule has 1 atom stereocenters. The fourth-order valence-corrected chi connectivity index (χ4v) is 3.36. The molecule has 0 saturated carbocycles. The third-order valence-corrected chi connectivity index (χ3v) is 5.32. The maximum atomic E-state index is 14.1. The molecule has 34 heavy (non-hydrogen) atoms. The summed E-state index contributed by atoms with van der Waals surface area (Å²) >= 11 is 5.04. The normalized spacial score (nSPS) is 15.7. The second-order valence-corrected chi connectivity index (χ2v) is 7.61. The van der Waals surface area contributed by atoms with Gasteiger partial charge in [0.15, 0.2) is 28.4 Å². The number of ether oxygens (including phenoxy) is 1. The van der Waals surface area contributed by atoms with Crippen molar-refractivity contribution in [3.63, 3.8) is 0 Å². The molecule has 2 aromatic rings. The van der Waals surface area contributed by atoms with Gasteiger partial charge in [-0.2, -0.15) is 0 Å². The number of rotatable bonds is 8. The Hall–Kier alpha value is -3.48. The molecule has 0 spiro atoms. The number of anilines is 2. The summed E-state index contributed by atoms with van der Waals surface area (Å²) in [5.41, 5.74) is 0.956. The van der Waals surface area contributed by atoms with Gasteiger partial charge >= 0.3 is 0 Å². The summed E-state index contributed by atoms with van der Waals surface area (Å²) in [6, 6.07) is 4.99. The molecular formula is C21H19F5N4O3S. The molecule has 2 N–H and O–H groups in total. The fourth-order valence-electron chi connectivity index (χ4n) is 3.09. The van der Waals surface area contributed by atoms with Crippen molar-refractivity contribution in [2.75, 3.05) is 24.4 Å². The van der Waals surface area contributed by atoms with Gasteiger partial charge in [0, 0.05) is 12.7 Å². The van der Waals surface area contributed by atoms with E-state index in [0.717, 1.165) is 11.3 Å². The standard InChI is InChI=1S/C21H19F5N4O3S/c1-3-8-33-11-6-4-10(5-7-11)27-13(31)9-12-20(32)29(2)21(34)30(12)28-19-17(25)15(23)14(22)16(24)18(19)26/h4-7,12,28H,3,8-9H2,1-2H3,(H,27,31). The van der Waals surface area contributed by atoms with Crippen molar-refractivity contribution in [2.45, 2.75) is 25.8 Å². The lowest BCUT2D eigenvalue weighted by molar-refractivity contribution is -0.129. The van der Waals surface area contributed by atoms with Crippen LogP contribution in [0.1, 0.15) is 19.8 Å². The van der Waals surface area contributed by atoms with E-state index in [1.165, 1.54) is 7.05 Å². The lowest BCUT2D eigenvalue weighted by Gasteiger charge is -2.25. The fraction of sp³-hybridized carbons (Fsp3) is 0.286. The van der Waals surface area contributed by atoms with Crippen LogP contribution < -0.4 is 15.5 Å². The van der Waals surface area contributed by atoms with E-state index in [1.807, 2.05) is 12.3 Å². The summed E-state index contributed by atoms with van der Waals surface area (Å²) in [5, 5.41) is 2.93. The second kappa shape index (κ2) is 10.2. The molecule has 1 fully saturated rings. The van der Waals surface area contributed by atoms with Gasteiger partial charge in [0.1, 0.15) is 17.5 Å². The van der Waals surface area contributed by atoms with Crippen LogP contribution in [0.5, 0.6) is 5.75 Å². The Labute approximate surface area is 196 Å². The molecule has 1 unspecified atom stereocenters. The number of thiocarbonyl (C=S) groups is 1. The van der Waals surface area contributed by atoms with E-state index < -0.39 is 59.1 Å². The Balaban J connectivity index is 1.78. The second-order valence-electron chi connectivity index (χ2n) is 7.25. The highest BCUT2D eigenvalue weighted by molar-refractivity contribution is 7.80. The smallest absolute Gasteiger partial charge is 0.253 e. The van der Waals surface area contributed by atoms with E-state index in [4.69, 9.17) is 17.0 Å². The number of hydrazine groups is 1. The lowest BCUT2D eigenvalue weighted by atomic mass is 10.2. The lowest BCUT2D eigenvalue weighted by Crippen LogP contribution is -2.42. The van der Waals surface area contributed by atoms with Crippen molar-refractivity contribution < 1.29 is 36.3 Å². The number of hydrogen-bond donors (Lipinski definition) is 2. The van der Waals surface area contributed by atoms with Crippen molar-refractivity contribution in [3.8, 4) is 5.75 Å². The van der Waals surface area contributed by atoms with Gasteiger partial charge in [-0.1, -0.05) is 6.92 Å². The number of carbonyl (C=O) groups is 2. The zero-order chi connectivity index (χ0) is 25.2. The Morgan fingerprint density at radius 2 is 1.59 bits per heavy atom. The van der Waals surface area contributed by atoms with E-state index in [0.29, 0.717) is 23.1 Å². The van der Waals surface area contributed by atoms with Crippen LogP contribution in [-0.2, 0) is 9.59 Å². The summed E-state index contributed by atoms with van der Waals surface area (Å²) in [6.07, 6.45) is 0.277. The number of benzene rings is 2. The molecule has 13 heteroatoms. The number of amides is 2. The molecule has 1 aliphatic heterocycles. The zero-order valence-electron chi connectivity index (χ0n) is 17.9. The summed E-state index contributed by atoms with van der Waals surface area (Å²) in [5.74, 6) is -11.8. The molecule has 1 saturated heterocycles. The van der Waals surface area contributed by atoms with Crippen molar-refractivity contribution in [2.24, 2.45) is 0 Å². The largest absolute Gasteiger partial charge is 0.494 e. The topological polar surface area (TPSA) is 73.9 Å². The van der Waals surface area contributed by atoms with Crippen LogP contribution in [0.3, 0.4) is 0 Å². The number of halogens is 5. The van der Waals surface area contributed by atoms with Gasteiger partial charge in [-0.05, 0) is 42.9 Å². The van der Waals surface area contributed by atoms with Crippen molar-refractivity contribution in [1.29, 1.82) is 0 Å². The Morgan fingerprint density at radius 3 is 2.15 bits per heavy atom. The molecule has 0 aliphatic carbocycles. The predicted octanol–water partition coefficient (Wildman–Crippen LogP) is 3.95. The Kier molecular flexibility index (Phi) is 7.54. The average molecular weight is 502 g/mol. The zero-order valence-corrected chi connectivity index (χ0v) is 18.7. The maximum absolute atomic E-state index is 14.1. The van der Waals surface area contributed by atoms with Crippen molar-refractivity contribution in [1.82, 2.24) is 9.91 Å². The summed E-state index contributed by atoms with van der Waals surface area (Å²) in [7, 11) is 1.24. The number of hydrogen-bond acceptors (Lipinski definition) is 5. The summed E-state index contributed by atoms with van der Waals surface area (Å²) < 4.78 is 74.2. The van der Waals surface area contributed by atoms with E-state index in [-0.39, 0.29) is 5.11 Å². The van der Waals surface area contributed by atoms with E-state index in [9.17, 15) is 31.5 Å². The van der Waals surface area contributed by atoms with Gasteiger partial charge in [0.2, 0.25) is 11.7 Å². The minimum atomic E-state index is -2.33. The summed E-state index contributed by atoms with van der Waals surface area (Å²) in [4.78, 5) is 26.0. The first-order valence-electron chi connectivity index (χ1n) is 9.98. The first-order valence-corrected chi connectivity index (χ1v) is 10.4. The van der Waals surface area contributed by atoms with Gasteiger partial charge in [0.05, 0.1) is 13.0 Å². The van der Waals surface area contributed by atoms with Crippen molar-refractivity contribution in [3.05, 3.63) is 53.4 Å². The number of nitrogens with one attached hydrogen (secondary N) is 2. The number of nitrogens with zero attached hydrogens (tertiary/aromatic N) is 2. The average Bonchev–Trinajstić information content (AvgIpc) is 3.02. The van der Waals surface area contributed by atoms with Gasteiger partial charge in [0.25, 0.3) is 5.91 Å². The van der Waals surface area contributed by atoms with Crippen LogP contribution >= 0.6 is 12.2 Å². The molecule has 2 amide bonds. The first-order chi connectivity index (χ1) is 16.1. The van der Waals surface area contributed by atoms with Crippen LogP contribution in [-0.4, -0.2) is 46.5 Å². The van der Waals surface area contributed by atoms with E-state index in [2.05, 4.69) is 5.32 Å². The van der Waals surface area contributed by atoms with Crippen LogP contribution in [0.2, 0.25) is 0 Å². The highest BCUT2D eigenvalue weighted by Gasteiger charge is 2.43. The van der Waals surface area contributed by atoms with Gasteiger partial charge in [-0.3, -0.25) is 19.9 Å². The molecule has 0 bridgehead atoms. The molecule has 0 radical (unpaired) electrons. The Bertz CT molecular complexity index is 1100. The Morgan fingerprint density at radius 1 is 1.03 bits per heavy atom. The van der Waals surface area contributed by atoms with Crippen molar-refractivity contribution >= 4 is 40.5 Å². The molecule has 7 nitrogen and oxygen atoms in total. The molecular weight excluding hydrogens is 483 g/mol. The summed E-state index contributed by atoms with van der Waals surface area (Å²) in [6.45, 7) is 2.47. The van der Waals surface area contributed by atoms with Gasteiger partial charge < -0.3 is 10.1 Å². The minimum Gasteiger partial charge on any atom is -0.494 e. The quantitative estimate of drug-likeness (QED) is 0.247. The van der Waals surface area contributed by atoms with Crippen LogP contribution in [0.15, 0.2) is 24.3 Å². The molecule has 0 aromatic heterocycles. The minimum absolute atomic E-state index is 0.329. The number of likely N-dealkylation sites (N-methyl/N-ethyl adjacent to an activating group) is 1. The SMILES string of the molecule is CCCOc1ccc(NC(=O)CC2C(=O)N(C)C(=S)N2Nc2c(F)c(F)c(F)c(F)c2F)cc1. The van der Waals surface area contributed by atoms with E-state index in [1.54, 1.807) is 24.3 Å². The monoisotopic (exact) mass is 502 g/mol. The van der Waals surface area contributed by atoms with Gasteiger partial charge in [-0.25, -0.2) is 27.0 Å². The maximum Gasteiger partial charge on any atom is 0.253 e. The molecule has 3 rings (SSSR count). The molecule has 182 valence electrons. The van der Waals surface area contributed by atoms with Crippen LogP contribution in [0.4, 0.5) is 33.3 Å². The highest BCUT2D eigenvalue weighted by atomic mass is 32.1. The third kappa shape index (κ3) is 4.88. The van der Waals surface area contributed by atoms with Crippen LogP contribution in [0, 0.1) is 29.1 Å². The van der Waals surface area contributed by atoms with Crippen LogP contribution in [0.25, 0.3) is 0 Å². The molecule has 2 aromatic carbocycles. The van der Waals surface area contributed by atoms with Gasteiger partial charge in [-0.15, -0.1) is 0 Å². The predicted molar refractivity (Wildman–Crippen MR) is 116 cm³/mol. The third-order valence-electron chi connectivity index (χ3n) is 4.85. The van der Waals surface area contributed by atoms with E-state index >= 15 is 0 Å². The molecule has 1 aliphatic rings.